The number of hydrogen-bond donors (Lipinski definition) is 1. The monoisotopic (exact) mass is 338 g/mol. The average molecular weight is 339 g/mol. The summed E-state index contributed by atoms with van der Waals surface area (Å²) in [5, 5.41) is 3.72. The van der Waals surface area contributed by atoms with E-state index < -0.39 is 5.82 Å². The standard InChI is InChI=1S/C14H12BrFN2O2/c15-12-6-18(7-13(19)17-9-2-3-9)14(20)11-5-8(16)1-4-10(11)12/h1,4-6,9H,2-3,7H2,(H,17,19). The molecule has 0 bridgehead atoms. The van der Waals surface area contributed by atoms with Gasteiger partial charge in [0.05, 0.1) is 5.39 Å². The van der Waals surface area contributed by atoms with Crippen LogP contribution in [0.1, 0.15) is 12.8 Å². The van der Waals surface area contributed by atoms with Gasteiger partial charge >= 0.3 is 0 Å². The van der Waals surface area contributed by atoms with Gasteiger partial charge in [-0.15, -0.1) is 0 Å². The highest BCUT2D eigenvalue weighted by molar-refractivity contribution is 9.10. The number of pyridine rings is 1. The number of carbonyl (C=O) groups excluding carboxylic acids is 1. The van der Waals surface area contributed by atoms with Crippen LogP contribution in [0.2, 0.25) is 0 Å². The van der Waals surface area contributed by atoms with Crippen LogP contribution in [0.3, 0.4) is 0 Å². The molecule has 1 aliphatic carbocycles. The summed E-state index contributed by atoms with van der Waals surface area (Å²) in [6.45, 7) is -0.0552. The number of hydrogen-bond acceptors (Lipinski definition) is 2. The number of nitrogens with one attached hydrogen (secondary N) is 1. The SMILES string of the molecule is O=C(Cn1cc(Br)c2ccc(F)cc2c1=O)NC1CC1. The summed E-state index contributed by atoms with van der Waals surface area (Å²) < 4.78 is 15.2. The summed E-state index contributed by atoms with van der Waals surface area (Å²) in [5.74, 6) is -0.668. The second kappa shape index (κ2) is 5.01. The Hall–Kier alpha value is -1.69. The van der Waals surface area contributed by atoms with E-state index in [9.17, 15) is 14.0 Å². The Labute approximate surface area is 122 Å². The smallest absolute Gasteiger partial charge is 0.259 e. The number of fused-ring (bicyclic) bond motifs is 1. The topological polar surface area (TPSA) is 51.1 Å². The molecule has 1 saturated carbocycles. The molecule has 1 heterocycles. The van der Waals surface area contributed by atoms with Crippen molar-refractivity contribution < 1.29 is 9.18 Å². The van der Waals surface area contributed by atoms with E-state index in [0.717, 1.165) is 12.8 Å². The molecule has 0 unspecified atom stereocenters. The number of benzene rings is 1. The van der Waals surface area contributed by atoms with Crippen LogP contribution in [0.25, 0.3) is 10.8 Å². The Kier molecular flexibility index (Phi) is 3.33. The molecule has 0 aliphatic heterocycles. The first-order valence-electron chi connectivity index (χ1n) is 6.32. The minimum atomic E-state index is -0.471. The highest BCUT2D eigenvalue weighted by atomic mass is 79.9. The zero-order valence-corrected chi connectivity index (χ0v) is 12.1. The third kappa shape index (κ3) is 2.60. The Bertz CT molecular complexity index is 753. The molecule has 104 valence electrons. The highest BCUT2D eigenvalue weighted by Gasteiger charge is 2.23. The highest BCUT2D eigenvalue weighted by Crippen LogP contribution is 2.22. The molecule has 0 atom stereocenters. The summed E-state index contributed by atoms with van der Waals surface area (Å²) >= 11 is 3.35. The second-order valence-electron chi connectivity index (χ2n) is 4.94. The fourth-order valence-corrected chi connectivity index (χ4v) is 2.69. The van der Waals surface area contributed by atoms with Crippen LogP contribution in [-0.2, 0) is 11.3 Å². The molecule has 1 amide bonds. The second-order valence-corrected chi connectivity index (χ2v) is 5.80. The number of rotatable bonds is 3. The van der Waals surface area contributed by atoms with Gasteiger partial charge in [0.15, 0.2) is 0 Å². The van der Waals surface area contributed by atoms with Crippen LogP contribution >= 0.6 is 15.9 Å². The van der Waals surface area contributed by atoms with Crippen LogP contribution in [0, 0.1) is 5.82 Å². The van der Waals surface area contributed by atoms with Crippen LogP contribution in [0.4, 0.5) is 4.39 Å². The van der Waals surface area contributed by atoms with E-state index >= 15 is 0 Å². The van der Waals surface area contributed by atoms with Gasteiger partial charge in [0.25, 0.3) is 5.56 Å². The van der Waals surface area contributed by atoms with Gasteiger partial charge in [0.1, 0.15) is 12.4 Å². The largest absolute Gasteiger partial charge is 0.352 e. The van der Waals surface area contributed by atoms with Crippen molar-refractivity contribution in [1.82, 2.24) is 9.88 Å². The predicted octanol–water partition coefficient (Wildman–Crippen LogP) is 2.18. The molecular formula is C14H12BrFN2O2. The molecule has 20 heavy (non-hydrogen) atoms. The summed E-state index contributed by atoms with van der Waals surface area (Å²) in [6, 6.07) is 4.29. The molecular weight excluding hydrogens is 327 g/mol. The van der Waals surface area contributed by atoms with Gasteiger partial charge in [-0.05, 0) is 40.9 Å². The first-order valence-corrected chi connectivity index (χ1v) is 7.11. The Morgan fingerprint density at radius 2 is 2.15 bits per heavy atom. The van der Waals surface area contributed by atoms with Crippen molar-refractivity contribution in [2.45, 2.75) is 25.4 Å². The van der Waals surface area contributed by atoms with Gasteiger partial charge < -0.3 is 9.88 Å². The number of amides is 1. The van der Waals surface area contributed by atoms with E-state index in [-0.39, 0.29) is 29.4 Å². The Balaban J connectivity index is 2.00. The lowest BCUT2D eigenvalue weighted by molar-refractivity contribution is -0.121. The van der Waals surface area contributed by atoms with E-state index in [0.29, 0.717) is 9.86 Å². The number of aromatic nitrogens is 1. The van der Waals surface area contributed by atoms with Crippen molar-refractivity contribution in [3.8, 4) is 0 Å². The minimum absolute atomic E-state index is 0.0552. The van der Waals surface area contributed by atoms with E-state index in [1.54, 1.807) is 12.3 Å². The molecule has 2 aromatic rings. The van der Waals surface area contributed by atoms with E-state index in [4.69, 9.17) is 0 Å². The fourth-order valence-electron chi connectivity index (χ4n) is 2.09. The fraction of sp³-hybridized carbons (Fsp3) is 0.286. The minimum Gasteiger partial charge on any atom is -0.352 e. The van der Waals surface area contributed by atoms with E-state index in [2.05, 4.69) is 21.2 Å². The number of carbonyl (C=O) groups is 1. The molecule has 1 fully saturated rings. The van der Waals surface area contributed by atoms with Crippen molar-refractivity contribution in [2.75, 3.05) is 0 Å². The lowest BCUT2D eigenvalue weighted by atomic mass is 10.1. The van der Waals surface area contributed by atoms with Crippen molar-refractivity contribution in [3.05, 3.63) is 45.0 Å². The molecule has 1 N–H and O–H groups in total. The van der Waals surface area contributed by atoms with Gasteiger partial charge in [0, 0.05) is 22.1 Å². The summed E-state index contributed by atoms with van der Waals surface area (Å²) in [7, 11) is 0. The molecule has 1 aliphatic rings. The van der Waals surface area contributed by atoms with Crippen LogP contribution in [-0.4, -0.2) is 16.5 Å². The average Bonchev–Trinajstić information content (AvgIpc) is 3.19. The van der Waals surface area contributed by atoms with Crippen LogP contribution in [0.15, 0.2) is 33.7 Å². The first-order chi connectivity index (χ1) is 9.54. The van der Waals surface area contributed by atoms with E-state index in [1.165, 1.54) is 16.7 Å². The van der Waals surface area contributed by atoms with Gasteiger partial charge in [-0.3, -0.25) is 9.59 Å². The predicted molar refractivity (Wildman–Crippen MR) is 77.0 cm³/mol. The normalized spacial score (nSPS) is 14.5. The molecule has 6 heteroatoms. The number of nitrogens with zero attached hydrogens (tertiary/aromatic N) is 1. The third-order valence-electron chi connectivity index (χ3n) is 3.26. The lowest BCUT2D eigenvalue weighted by Gasteiger charge is -2.09. The Morgan fingerprint density at radius 1 is 1.40 bits per heavy atom. The van der Waals surface area contributed by atoms with Gasteiger partial charge in [0.2, 0.25) is 5.91 Å². The molecule has 0 radical (unpaired) electrons. The first kappa shape index (κ1) is 13.3. The Morgan fingerprint density at radius 3 is 2.85 bits per heavy atom. The third-order valence-corrected chi connectivity index (χ3v) is 3.89. The molecule has 3 rings (SSSR count). The van der Waals surface area contributed by atoms with Gasteiger partial charge in [-0.25, -0.2) is 4.39 Å². The van der Waals surface area contributed by atoms with Gasteiger partial charge in [-0.1, -0.05) is 6.07 Å². The van der Waals surface area contributed by atoms with Crippen molar-refractivity contribution in [2.24, 2.45) is 0 Å². The summed E-state index contributed by atoms with van der Waals surface area (Å²) in [6.07, 6.45) is 3.55. The quantitative estimate of drug-likeness (QED) is 0.932. The zero-order chi connectivity index (χ0) is 14.3. The molecule has 1 aromatic heterocycles. The van der Waals surface area contributed by atoms with Crippen molar-refractivity contribution in [1.29, 1.82) is 0 Å². The maximum absolute atomic E-state index is 13.3. The summed E-state index contributed by atoms with van der Waals surface area (Å²) in [5.41, 5.74) is -0.367. The maximum Gasteiger partial charge on any atom is 0.259 e. The molecule has 0 spiro atoms. The van der Waals surface area contributed by atoms with Crippen molar-refractivity contribution in [3.63, 3.8) is 0 Å². The maximum atomic E-state index is 13.3. The number of halogens is 2. The van der Waals surface area contributed by atoms with Crippen molar-refractivity contribution >= 4 is 32.6 Å². The lowest BCUT2D eigenvalue weighted by Crippen LogP contribution is -2.33. The zero-order valence-electron chi connectivity index (χ0n) is 10.5. The summed E-state index contributed by atoms with van der Waals surface area (Å²) in [4.78, 5) is 24.0. The van der Waals surface area contributed by atoms with Crippen LogP contribution < -0.4 is 10.9 Å². The van der Waals surface area contributed by atoms with E-state index in [1.807, 2.05) is 0 Å². The molecule has 1 aromatic carbocycles. The molecule has 0 saturated heterocycles. The van der Waals surface area contributed by atoms with Crippen LogP contribution in [0.5, 0.6) is 0 Å². The molecule has 4 nitrogen and oxygen atoms in total. The van der Waals surface area contributed by atoms with Gasteiger partial charge in [-0.2, -0.15) is 0 Å².